The molecule has 0 aliphatic carbocycles. The molecule has 1 aliphatic rings. The van der Waals surface area contributed by atoms with Crippen molar-refractivity contribution in [3.63, 3.8) is 0 Å². The molecule has 0 radical (unpaired) electrons. The van der Waals surface area contributed by atoms with Crippen molar-refractivity contribution in [1.82, 2.24) is 0 Å². The minimum Gasteiger partial charge on any atom is -0.268 e. The molecule has 0 bridgehead atoms. The van der Waals surface area contributed by atoms with Gasteiger partial charge in [0.15, 0.2) is 0 Å². The summed E-state index contributed by atoms with van der Waals surface area (Å²) in [5.41, 5.74) is 4.76. The van der Waals surface area contributed by atoms with Crippen LogP contribution in [0.2, 0.25) is 10.0 Å². The average molecular weight is 551 g/mol. The SMILES string of the molecule is CC(=Nc1c(Cl)cccc1C(C)(C)C)C1=NC(C(C)=Nc2c(Cl)cccc2C(C)(C)C)C(=C=O)CC1=C=O. The van der Waals surface area contributed by atoms with E-state index in [0.29, 0.717) is 44.1 Å². The first kappa shape index (κ1) is 29.5. The van der Waals surface area contributed by atoms with Crippen LogP contribution in [0.25, 0.3) is 0 Å². The van der Waals surface area contributed by atoms with Gasteiger partial charge in [-0.3, -0.25) is 9.98 Å². The first-order chi connectivity index (χ1) is 17.7. The van der Waals surface area contributed by atoms with Gasteiger partial charge in [-0.05, 0) is 47.9 Å². The lowest BCUT2D eigenvalue weighted by molar-refractivity contribution is 0.564. The van der Waals surface area contributed by atoms with Crippen LogP contribution in [-0.2, 0) is 20.4 Å². The zero-order chi connectivity index (χ0) is 28.4. The van der Waals surface area contributed by atoms with E-state index >= 15 is 0 Å². The van der Waals surface area contributed by atoms with Gasteiger partial charge < -0.3 is 0 Å². The molecule has 0 saturated heterocycles. The number of para-hydroxylation sites is 2. The predicted molar refractivity (Wildman–Crippen MR) is 160 cm³/mol. The van der Waals surface area contributed by atoms with Crippen molar-refractivity contribution in [3.05, 3.63) is 68.7 Å². The molecule has 2 aromatic rings. The number of allylic oxidation sites excluding steroid dienone is 1. The fraction of sp³-hybridized carbons (Fsp3) is 0.387. The van der Waals surface area contributed by atoms with E-state index in [0.717, 1.165) is 11.1 Å². The zero-order valence-corrected chi connectivity index (χ0v) is 24.7. The van der Waals surface area contributed by atoms with E-state index in [2.05, 4.69) is 41.5 Å². The van der Waals surface area contributed by atoms with E-state index < -0.39 is 6.04 Å². The molecule has 0 amide bonds. The van der Waals surface area contributed by atoms with Crippen LogP contribution in [0.15, 0.2) is 62.5 Å². The molecule has 2 aromatic carbocycles. The quantitative estimate of drug-likeness (QED) is 0.284. The Morgan fingerprint density at radius 2 is 1.34 bits per heavy atom. The molecular formula is C31H33Cl2N3O2. The number of nitrogens with zero attached hydrogens (tertiary/aromatic N) is 3. The second kappa shape index (κ2) is 11.4. The highest BCUT2D eigenvalue weighted by Crippen LogP contribution is 2.39. The highest BCUT2D eigenvalue weighted by Gasteiger charge is 2.30. The highest BCUT2D eigenvalue weighted by molar-refractivity contribution is 6.50. The van der Waals surface area contributed by atoms with E-state index in [1.807, 2.05) is 36.1 Å². The summed E-state index contributed by atoms with van der Waals surface area (Å²) in [6, 6.07) is 10.6. The number of hydrogen-bond donors (Lipinski definition) is 0. The van der Waals surface area contributed by atoms with E-state index in [1.165, 1.54) is 0 Å². The maximum absolute atomic E-state index is 11.9. The van der Waals surface area contributed by atoms with Crippen molar-refractivity contribution in [2.75, 3.05) is 0 Å². The predicted octanol–water partition coefficient (Wildman–Crippen LogP) is 8.20. The Balaban J connectivity index is 2.20. The molecule has 0 N–H and O–H groups in total. The molecule has 0 saturated carbocycles. The third-order valence-corrected chi connectivity index (χ3v) is 7.00. The number of rotatable bonds is 4. The normalized spacial score (nSPS) is 17.2. The van der Waals surface area contributed by atoms with Crippen LogP contribution in [0, 0.1) is 0 Å². The van der Waals surface area contributed by atoms with Gasteiger partial charge in [0.1, 0.15) is 17.9 Å². The largest absolute Gasteiger partial charge is 0.268 e. The fourth-order valence-corrected chi connectivity index (χ4v) is 4.85. The standard InChI is InChI=1S/C31H33Cl2N3O2/c1-18(34-28-22(30(3,4)5)11-9-13-24(28)32)26-20(16-37)15-21(17-38)27(36-26)19(2)35-29-23(31(6,7)8)12-10-14-25(29)33/h9-14,26H,15H2,1-8H3. The zero-order valence-electron chi connectivity index (χ0n) is 23.2. The van der Waals surface area contributed by atoms with Crippen molar-refractivity contribution in [2.45, 2.75) is 78.7 Å². The third kappa shape index (κ3) is 6.31. The molecule has 1 unspecified atom stereocenters. The summed E-state index contributed by atoms with van der Waals surface area (Å²) in [5.74, 6) is 3.93. The van der Waals surface area contributed by atoms with Crippen molar-refractivity contribution >= 4 is 63.6 Å². The summed E-state index contributed by atoms with van der Waals surface area (Å²) in [7, 11) is 0. The summed E-state index contributed by atoms with van der Waals surface area (Å²) < 4.78 is 0. The Kier molecular flexibility index (Phi) is 8.81. The van der Waals surface area contributed by atoms with E-state index in [4.69, 9.17) is 38.2 Å². The molecule has 0 aromatic heterocycles. The van der Waals surface area contributed by atoms with Crippen LogP contribution in [0.3, 0.4) is 0 Å². The first-order valence-corrected chi connectivity index (χ1v) is 13.2. The number of aliphatic imine (C=N–C) groups is 3. The second-order valence-corrected chi connectivity index (χ2v) is 12.3. The highest BCUT2D eigenvalue weighted by atomic mass is 35.5. The molecular weight excluding hydrogens is 517 g/mol. The smallest absolute Gasteiger partial charge is 0.130 e. The van der Waals surface area contributed by atoms with E-state index in [-0.39, 0.29) is 22.8 Å². The Morgan fingerprint density at radius 3 is 1.79 bits per heavy atom. The monoisotopic (exact) mass is 549 g/mol. The number of hydrogen-bond acceptors (Lipinski definition) is 5. The van der Waals surface area contributed by atoms with Gasteiger partial charge in [-0.15, -0.1) is 0 Å². The Hall–Kier alpha value is -3.07. The number of halogens is 2. The summed E-state index contributed by atoms with van der Waals surface area (Å²) in [4.78, 5) is 38.3. The molecule has 38 heavy (non-hydrogen) atoms. The first-order valence-electron chi connectivity index (χ1n) is 12.4. The van der Waals surface area contributed by atoms with Gasteiger partial charge in [-0.2, -0.15) is 0 Å². The van der Waals surface area contributed by atoms with Crippen LogP contribution in [0.5, 0.6) is 0 Å². The minimum absolute atomic E-state index is 0.0551. The molecule has 3 rings (SSSR count). The van der Waals surface area contributed by atoms with Crippen molar-refractivity contribution < 1.29 is 9.59 Å². The number of benzene rings is 2. The van der Waals surface area contributed by atoms with Crippen molar-refractivity contribution in [3.8, 4) is 0 Å². The summed E-state index contributed by atoms with van der Waals surface area (Å²) >= 11 is 13.1. The van der Waals surface area contributed by atoms with Crippen LogP contribution >= 0.6 is 23.2 Å². The third-order valence-electron chi connectivity index (χ3n) is 6.39. The Bertz CT molecular complexity index is 1460. The summed E-state index contributed by atoms with van der Waals surface area (Å²) in [5, 5.41) is 1.01. The van der Waals surface area contributed by atoms with Crippen LogP contribution in [-0.4, -0.2) is 35.1 Å². The van der Waals surface area contributed by atoms with Gasteiger partial charge in [0.05, 0.1) is 38.4 Å². The lowest BCUT2D eigenvalue weighted by Crippen LogP contribution is -2.30. The lowest BCUT2D eigenvalue weighted by atomic mass is 9.85. The van der Waals surface area contributed by atoms with E-state index in [1.54, 1.807) is 26.0 Å². The lowest BCUT2D eigenvalue weighted by Gasteiger charge is -2.25. The number of carbonyl (C=O) groups excluding carboxylic acids is 2. The minimum atomic E-state index is -0.720. The van der Waals surface area contributed by atoms with Crippen molar-refractivity contribution in [2.24, 2.45) is 15.0 Å². The second-order valence-electron chi connectivity index (χ2n) is 11.5. The molecule has 7 heteroatoms. The van der Waals surface area contributed by atoms with Crippen molar-refractivity contribution in [1.29, 1.82) is 0 Å². The molecule has 1 aliphatic heterocycles. The van der Waals surface area contributed by atoms with Gasteiger partial charge in [-0.1, -0.05) is 89.0 Å². The van der Waals surface area contributed by atoms with Gasteiger partial charge in [-0.25, -0.2) is 14.6 Å². The van der Waals surface area contributed by atoms with Crippen LogP contribution in [0.4, 0.5) is 11.4 Å². The maximum Gasteiger partial charge on any atom is 0.130 e. The molecule has 1 atom stereocenters. The summed E-state index contributed by atoms with van der Waals surface area (Å²) in [6.45, 7) is 16.1. The molecule has 0 spiro atoms. The molecule has 198 valence electrons. The molecule has 0 fully saturated rings. The molecule has 1 heterocycles. The Morgan fingerprint density at radius 1 is 0.842 bits per heavy atom. The Labute approximate surface area is 235 Å². The summed E-state index contributed by atoms with van der Waals surface area (Å²) in [6.07, 6.45) is 0.0551. The van der Waals surface area contributed by atoms with Crippen LogP contribution < -0.4 is 0 Å². The van der Waals surface area contributed by atoms with Gasteiger partial charge in [0.2, 0.25) is 0 Å². The fourth-order valence-electron chi connectivity index (χ4n) is 4.42. The van der Waals surface area contributed by atoms with E-state index in [9.17, 15) is 9.59 Å². The van der Waals surface area contributed by atoms with Gasteiger partial charge in [0.25, 0.3) is 0 Å². The topological polar surface area (TPSA) is 71.2 Å². The maximum atomic E-state index is 11.9. The average Bonchev–Trinajstić information content (AvgIpc) is 2.84. The van der Waals surface area contributed by atoms with Gasteiger partial charge in [0, 0.05) is 17.7 Å². The van der Waals surface area contributed by atoms with Crippen LogP contribution in [0.1, 0.15) is 72.9 Å². The molecule has 5 nitrogen and oxygen atoms in total. The van der Waals surface area contributed by atoms with Gasteiger partial charge >= 0.3 is 0 Å².